The van der Waals surface area contributed by atoms with E-state index in [1.54, 1.807) is 0 Å². The molecule has 0 aliphatic carbocycles. The summed E-state index contributed by atoms with van der Waals surface area (Å²) in [5.74, 6) is 0.724. The van der Waals surface area contributed by atoms with Crippen LogP contribution < -0.4 is 0 Å². The summed E-state index contributed by atoms with van der Waals surface area (Å²) in [7, 11) is 0. The Labute approximate surface area is 221 Å². The predicted octanol–water partition coefficient (Wildman–Crippen LogP) is 9.45. The molecule has 38 heavy (non-hydrogen) atoms. The standard InChI is InChI=1S/C36H24N2/c1-4-14-25(15-5-1)32-24-33(38-36(37-32)27-18-8-3-9-19-27)35-30-22-12-10-20-28(30)34(26-16-6-2-7-17-26)29-21-11-13-23-31(29)35/h1-24H. The van der Waals surface area contributed by atoms with Gasteiger partial charge < -0.3 is 0 Å². The molecule has 6 aromatic carbocycles. The fourth-order valence-corrected chi connectivity index (χ4v) is 5.37. The Balaban J connectivity index is 1.60. The van der Waals surface area contributed by atoms with Crippen LogP contribution in [0, 0.1) is 0 Å². The Hall–Kier alpha value is -5.08. The van der Waals surface area contributed by atoms with Gasteiger partial charge in [0.05, 0.1) is 11.4 Å². The molecule has 0 atom stereocenters. The normalized spacial score (nSPS) is 11.2. The van der Waals surface area contributed by atoms with Gasteiger partial charge in [-0.15, -0.1) is 0 Å². The van der Waals surface area contributed by atoms with Gasteiger partial charge in [0.2, 0.25) is 0 Å². The van der Waals surface area contributed by atoms with Crippen molar-refractivity contribution in [2.24, 2.45) is 0 Å². The van der Waals surface area contributed by atoms with E-state index in [0.717, 1.165) is 33.9 Å². The third-order valence-corrected chi connectivity index (χ3v) is 7.08. The van der Waals surface area contributed by atoms with Crippen molar-refractivity contribution in [3.05, 3.63) is 146 Å². The zero-order chi connectivity index (χ0) is 25.3. The van der Waals surface area contributed by atoms with Gasteiger partial charge in [0.25, 0.3) is 0 Å². The average molecular weight is 485 g/mol. The molecule has 7 aromatic rings. The molecule has 0 spiro atoms. The molecule has 0 saturated carbocycles. The van der Waals surface area contributed by atoms with Crippen molar-refractivity contribution in [3.63, 3.8) is 0 Å². The maximum Gasteiger partial charge on any atom is 0.160 e. The Morgan fingerprint density at radius 2 is 0.711 bits per heavy atom. The number of rotatable bonds is 4. The molecule has 178 valence electrons. The van der Waals surface area contributed by atoms with Gasteiger partial charge in [0.15, 0.2) is 5.82 Å². The zero-order valence-corrected chi connectivity index (χ0v) is 20.8. The molecule has 0 aliphatic rings. The van der Waals surface area contributed by atoms with Crippen LogP contribution in [0.3, 0.4) is 0 Å². The van der Waals surface area contributed by atoms with Crippen LogP contribution in [0.25, 0.3) is 66.6 Å². The van der Waals surface area contributed by atoms with E-state index in [9.17, 15) is 0 Å². The third-order valence-electron chi connectivity index (χ3n) is 7.08. The Morgan fingerprint density at radius 1 is 0.316 bits per heavy atom. The summed E-state index contributed by atoms with van der Waals surface area (Å²) in [6, 6.07) is 50.8. The quantitative estimate of drug-likeness (QED) is 0.233. The summed E-state index contributed by atoms with van der Waals surface area (Å²) in [5, 5.41) is 4.80. The van der Waals surface area contributed by atoms with Gasteiger partial charge in [-0.1, -0.05) is 140 Å². The van der Waals surface area contributed by atoms with Gasteiger partial charge in [-0.05, 0) is 38.7 Å². The molecule has 2 heteroatoms. The summed E-state index contributed by atoms with van der Waals surface area (Å²) in [6.07, 6.45) is 0. The molecule has 1 heterocycles. The highest BCUT2D eigenvalue weighted by Gasteiger charge is 2.19. The van der Waals surface area contributed by atoms with E-state index in [1.165, 1.54) is 32.7 Å². The molecule has 0 amide bonds. The first-order valence-electron chi connectivity index (χ1n) is 12.9. The van der Waals surface area contributed by atoms with Crippen molar-refractivity contribution < 1.29 is 0 Å². The topological polar surface area (TPSA) is 25.8 Å². The van der Waals surface area contributed by atoms with E-state index >= 15 is 0 Å². The van der Waals surface area contributed by atoms with Crippen LogP contribution in [0.5, 0.6) is 0 Å². The van der Waals surface area contributed by atoms with E-state index in [0.29, 0.717) is 0 Å². The predicted molar refractivity (Wildman–Crippen MR) is 159 cm³/mol. The molecular weight excluding hydrogens is 460 g/mol. The van der Waals surface area contributed by atoms with Crippen LogP contribution in [0.15, 0.2) is 146 Å². The first-order valence-corrected chi connectivity index (χ1v) is 12.9. The fourth-order valence-electron chi connectivity index (χ4n) is 5.37. The SMILES string of the molecule is c1ccc(-c2cc(-c3c4ccccc4c(-c4ccccc4)c4ccccc34)nc(-c3ccccc3)n2)cc1. The van der Waals surface area contributed by atoms with Crippen molar-refractivity contribution in [1.29, 1.82) is 0 Å². The highest BCUT2D eigenvalue weighted by Crippen LogP contribution is 2.43. The summed E-state index contributed by atoms with van der Waals surface area (Å²) in [5.41, 5.74) is 7.50. The lowest BCUT2D eigenvalue weighted by atomic mass is 9.87. The molecule has 2 nitrogen and oxygen atoms in total. The van der Waals surface area contributed by atoms with Crippen LogP contribution in [0.4, 0.5) is 0 Å². The average Bonchev–Trinajstić information content (AvgIpc) is 3.01. The van der Waals surface area contributed by atoms with Crippen molar-refractivity contribution in [3.8, 4) is 45.0 Å². The van der Waals surface area contributed by atoms with E-state index in [2.05, 4.69) is 121 Å². The van der Waals surface area contributed by atoms with Gasteiger partial charge >= 0.3 is 0 Å². The van der Waals surface area contributed by atoms with Gasteiger partial charge in [-0.2, -0.15) is 0 Å². The second-order valence-corrected chi connectivity index (χ2v) is 9.40. The highest BCUT2D eigenvalue weighted by atomic mass is 14.9. The van der Waals surface area contributed by atoms with E-state index < -0.39 is 0 Å². The first kappa shape index (κ1) is 22.1. The maximum atomic E-state index is 5.19. The van der Waals surface area contributed by atoms with Crippen molar-refractivity contribution in [2.75, 3.05) is 0 Å². The Morgan fingerprint density at radius 3 is 1.24 bits per heavy atom. The van der Waals surface area contributed by atoms with Crippen LogP contribution in [-0.2, 0) is 0 Å². The molecule has 0 unspecified atom stereocenters. The number of nitrogens with zero attached hydrogens (tertiary/aromatic N) is 2. The molecule has 7 rings (SSSR count). The third kappa shape index (κ3) is 3.84. The molecular formula is C36H24N2. The highest BCUT2D eigenvalue weighted by molar-refractivity contribution is 6.21. The summed E-state index contributed by atoms with van der Waals surface area (Å²) in [4.78, 5) is 10.2. The maximum absolute atomic E-state index is 5.19. The second-order valence-electron chi connectivity index (χ2n) is 9.40. The van der Waals surface area contributed by atoms with Gasteiger partial charge in [-0.25, -0.2) is 9.97 Å². The first-order chi connectivity index (χ1) is 18.9. The van der Waals surface area contributed by atoms with E-state index in [4.69, 9.17) is 9.97 Å². The summed E-state index contributed by atoms with van der Waals surface area (Å²) < 4.78 is 0. The minimum absolute atomic E-state index is 0.724. The Kier molecular flexibility index (Phi) is 5.49. The van der Waals surface area contributed by atoms with Gasteiger partial charge in [-0.3, -0.25) is 0 Å². The zero-order valence-electron chi connectivity index (χ0n) is 20.8. The molecule has 0 saturated heterocycles. The number of aromatic nitrogens is 2. The largest absolute Gasteiger partial charge is 0.228 e. The van der Waals surface area contributed by atoms with Crippen LogP contribution >= 0.6 is 0 Å². The monoisotopic (exact) mass is 484 g/mol. The van der Waals surface area contributed by atoms with Crippen molar-refractivity contribution in [1.82, 2.24) is 9.97 Å². The summed E-state index contributed by atoms with van der Waals surface area (Å²) in [6.45, 7) is 0. The molecule has 0 aliphatic heterocycles. The van der Waals surface area contributed by atoms with Crippen LogP contribution in [0.2, 0.25) is 0 Å². The summed E-state index contributed by atoms with van der Waals surface area (Å²) >= 11 is 0. The smallest absolute Gasteiger partial charge is 0.160 e. The molecule has 1 aromatic heterocycles. The number of benzene rings is 6. The van der Waals surface area contributed by atoms with Crippen LogP contribution in [-0.4, -0.2) is 9.97 Å². The minimum atomic E-state index is 0.724. The second kappa shape index (κ2) is 9.42. The van der Waals surface area contributed by atoms with Crippen molar-refractivity contribution >= 4 is 21.5 Å². The van der Waals surface area contributed by atoms with Crippen LogP contribution in [0.1, 0.15) is 0 Å². The molecule has 0 fully saturated rings. The van der Waals surface area contributed by atoms with Gasteiger partial charge in [0, 0.05) is 16.7 Å². The molecule has 0 N–H and O–H groups in total. The molecule has 0 radical (unpaired) electrons. The number of hydrogen-bond donors (Lipinski definition) is 0. The van der Waals surface area contributed by atoms with Gasteiger partial charge in [0.1, 0.15) is 0 Å². The number of fused-ring (bicyclic) bond motifs is 2. The minimum Gasteiger partial charge on any atom is -0.228 e. The fraction of sp³-hybridized carbons (Fsp3) is 0. The van der Waals surface area contributed by atoms with Crippen molar-refractivity contribution in [2.45, 2.75) is 0 Å². The van der Waals surface area contributed by atoms with E-state index in [-0.39, 0.29) is 0 Å². The molecule has 0 bridgehead atoms. The lowest BCUT2D eigenvalue weighted by Gasteiger charge is -2.18. The number of hydrogen-bond acceptors (Lipinski definition) is 2. The lowest BCUT2D eigenvalue weighted by molar-refractivity contribution is 1.19. The lowest BCUT2D eigenvalue weighted by Crippen LogP contribution is -1.98. The Bertz CT molecular complexity index is 1780. The van der Waals surface area contributed by atoms with E-state index in [1.807, 2.05) is 24.3 Å².